The highest BCUT2D eigenvalue weighted by Crippen LogP contribution is 2.44. The minimum Gasteiger partial charge on any atom is -0.481 e. The number of nitrogens with zero attached hydrogens (tertiary/aromatic N) is 5. The highest BCUT2D eigenvalue weighted by Gasteiger charge is 2.46. The number of hydrogen-bond donors (Lipinski definition) is 2. The van der Waals surface area contributed by atoms with E-state index in [1.165, 1.54) is 16.6 Å². The van der Waals surface area contributed by atoms with Crippen molar-refractivity contribution in [1.82, 2.24) is 29.2 Å². The van der Waals surface area contributed by atoms with Gasteiger partial charge in [-0.2, -0.15) is 17.5 Å². The highest BCUT2D eigenvalue weighted by molar-refractivity contribution is 7.89. The Balaban J connectivity index is 1.47. The maximum absolute atomic E-state index is 14.3. The Bertz CT molecular complexity index is 2020. The van der Waals surface area contributed by atoms with Crippen LogP contribution in [0.5, 0.6) is 5.88 Å². The fourth-order valence-corrected chi connectivity index (χ4v) is 8.44. The molecule has 4 aromatic rings. The van der Waals surface area contributed by atoms with Crippen LogP contribution >= 0.6 is 0 Å². The van der Waals surface area contributed by atoms with E-state index in [9.17, 15) is 31.5 Å². The zero-order valence-corrected chi connectivity index (χ0v) is 28.0. The summed E-state index contributed by atoms with van der Waals surface area (Å²) in [4.78, 5) is 17.1. The van der Waals surface area contributed by atoms with Crippen molar-refractivity contribution >= 4 is 21.6 Å². The van der Waals surface area contributed by atoms with Crippen LogP contribution in [0.1, 0.15) is 71.8 Å². The largest absolute Gasteiger partial charge is 0.481 e. The summed E-state index contributed by atoms with van der Waals surface area (Å²) in [5.41, 5.74) is 1.20. The Labute approximate surface area is 276 Å². The van der Waals surface area contributed by atoms with Gasteiger partial charge in [0.05, 0.1) is 12.0 Å². The Kier molecular flexibility index (Phi) is 8.32. The van der Waals surface area contributed by atoms with Crippen LogP contribution in [0, 0.1) is 26.2 Å². The fourth-order valence-electron chi connectivity index (χ4n) is 6.80. The Hall–Kier alpha value is -4.08. The SMILES string of the molecule is Cc1cnc2c(c1)S(=O)(=O)N(Cc1cc(C(c3ccn4c(C(F)(F)F)nnc4c3C)C(C)(C)C(=O)O)ccc1C)CC1(CCNCC1)O2. The number of pyridine rings is 2. The number of carbonyl (C=O) groups is 1. The first kappa shape index (κ1) is 33.8. The van der Waals surface area contributed by atoms with Crippen LogP contribution in [-0.4, -0.2) is 68.6 Å². The lowest BCUT2D eigenvalue weighted by atomic mass is 9.70. The van der Waals surface area contributed by atoms with Crippen molar-refractivity contribution in [2.45, 2.75) is 76.6 Å². The van der Waals surface area contributed by atoms with Crippen molar-refractivity contribution in [3.05, 3.63) is 81.9 Å². The quantitative estimate of drug-likeness (QED) is 0.287. The zero-order chi connectivity index (χ0) is 34.8. The molecular formula is C33H37F3N6O5S. The Morgan fingerprint density at radius 2 is 1.81 bits per heavy atom. The minimum atomic E-state index is -4.74. The van der Waals surface area contributed by atoms with Crippen LogP contribution in [0.2, 0.25) is 0 Å². The fraction of sp³-hybridized carbons (Fsp3) is 0.455. The van der Waals surface area contributed by atoms with E-state index in [4.69, 9.17) is 4.74 Å². The van der Waals surface area contributed by atoms with Gasteiger partial charge in [0, 0.05) is 37.7 Å². The topological polar surface area (TPSA) is 139 Å². The van der Waals surface area contributed by atoms with Crippen molar-refractivity contribution in [3.8, 4) is 5.88 Å². The smallest absolute Gasteiger partial charge is 0.452 e. The lowest BCUT2D eigenvalue weighted by Crippen LogP contribution is -2.53. The second-order valence-electron chi connectivity index (χ2n) is 13.4. The number of aryl methyl sites for hydroxylation is 3. The molecule has 0 bridgehead atoms. The first-order chi connectivity index (χ1) is 22.4. The predicted octanol–water partition coefficient (Wildman–Crippen LogP) is 5.02. The predicted molar refractivity (Wildman–Crippen MR) is 169 cm³/mol. The number of ether oxygens (including phenoxy) is 1. The van der Waals surface area contributed by atoms with Crippen molar-refractivity contribution in [3.63, 3.8) is 0 Å². The summed E-state index contributed by atoms with van der Waals surface area (Å²) in [5, 5.41) is 20.9. The lowest BCUT2D eigenvalue weighted by Gasteiger charge is -2.38. The van der Waals surface area contributed by atoms with Gasteiger partial charge in [-0.05, 0) is 93.2 Å². The molecule has 1 atom stereocenters. The van der Waals surface area contributed by atoms with Gasteiger partial charge in [0.1, 0.15) is 10.5 Å². The first-order valence-corrected chi connectivity index (χ1v) is 17.0. The summed E-state index contributed by atoms with van der Waals surface area (Å²) in [7, 11) is -4.08. The Morgan fingerprint density at radius 3 is 2.48 bits per heavy atom. The number of carboxylic acids is 1. The molecule has 15 heteroatoms. The van der Waals surface area contributed by atoms with Crippen LogP contribution in [0.15, 0.2) is 47.6 Å². The second-order valence-corrected chi connectivity index (χ2v) is 15.3. The van der Waals surface area contributed by atoms with Gasteiger partial charge in [0.15, 0.2) is 5.65 Å². The zero-order valence-electron chi connectivity index (χ0n) is 27.2. The third-order valence-corrected chi connectivity index (χ3v) is 11.4. The molecule has 256 valence electrons. The van der Waals surface area contributed by atoms with Gasteiger partial charge < -0.3 is 15.2 Å². The summed E-state index contributed by atoms with van der Waals surface area (Å²) in [6.07, 6.45) is -0.805. The summed E-state index contributed by atoms with van der Waals surface area (Å²) in [6.45, 7) is 9.68. The molecule has 2 aliphatic rings. The third kappa shape index (κ3) is 5.81. The number of aromatic nitrogens is 4. The summed E-state index contributed by atoms with van der Waals surface area (Å²) in [5.74, 6) is -3.07. The average Bonchev–Trinajstić information content (AvgIpc) is 3.44. The number of benzene rings is 1. The minimum absolute atomic E-state index is 0.00735. The van der Waals surface area contributed by atoms with Crippen LogP contribution in [0.4, 0.5) is 13.2 Å². The number of carboxylic acid groups (broad SMARTS) is 1. The molecule has 1 saturated heterocycles. The molecule has 1 spiro atoms. The number of fused-ring (bicyclic) bond motifs is 2. The molecule has 11 nitrogen and oxygen atoms in total. The van der Waals surface area contributed by atoms with Crippen molar-refractivity contribution < 1.29 is 36.2 Å². The molecule has 0 saturated carbocycles. The molecule has 3 aromatic heterocycles. The maximum atomic E-state index is 14.3. The molecule has 2 aliphatic heterocycles. The molecular weight excluding hydrogens is 649 g/mol. The summed E-state index contributed by atoms with van der Waals surface area (Å²) >= 11 is 0. The van der Waals surface area contributed by atoms with Crippen molar-refractivity contribution in [2.24, 2.45) is 5.41 Å². The van der Waals surface area contributed by atoms with E-state index in [0.29, 0.717) is 53.7 Å². The van der Waals surface area contributed by atoms with E-state index in [0.717, 1.165) is 9.96 Å². The van der Waals surface area contributed by atoms with Gasteiger partial charge >= 0.3 is 12.1 Å². The molecule has 1 fully saturated rings. The number of rotatable bonds is 6. The molecule has 0 amide bonds. The number of alkyl halides is 3. The molecule has 0 aliphatic carbocycles. The van der Waals surface area contributed by atoms with E-state index in [1.807, 2.05) is 13.0 Å². The second kappa shape index (κ2) is 11.8. The maximum Gasteiger partial charge on any atom is 0.452 e. The normalized spacial score (nSPS) is 18.7. The summed E-state index contributed by atoms with van der Waals surface area (Å²) < 4.78 is 78.1. The molecule has 1 aromatic carbocycles. The average molecular weight is 687 g/mol. The Morgan fingerprint density at radius 1 is 1.10 bits per heavy atom. The number of sulfonamides is 1. The number of piperidine rings is 1. The molecule has 5 heterocycles. The molecule has 2 N–H and O–H groups in total. The number of halogens is 3. The summed E-state index contributed by atoms with van der Waals surface area (Å²) in [6, 6.07) is 8.42. The van der Waals surface area contributed by atoms with Crippen LogP contribution in [0.3, 0.4) is 0 Å². The van der Waals surface area contributed by atoms with Crippen LogP contribution in [0.25, 0.3) is 5.65 Å². The highest BCUT2D eigenvalue weighted by atomic mass is 32.2. The van der Waals surface area contributed by atoms with E-state index in [1.54, 1.807) is 52.1 Å². The monoisotopic (exact) mass is 686 g/mol. The van der Waals surface area contributed by atoms with E-state index in [2.05, 4.69) is 20.5 Å². The van der Waals surface area contributed by atoms with Gasteiger partial charge in [-0.25, -0.2) is 13.4 Å². The first-order valence-electron chi connectivity index (χ1n) is 15.6. The van der Waals surface area contributed by atoms with Crippen LogP contribution in [-0.2, 0) is 27.5 Å². The molecule has 6 rings (SSSR count). The van der Waals surface area contributed by atoms with Crippen LogP contribution < -0.4 is 10.1 Å². The number of hydrogen-bond acceptors (Lipinski definition) is 8. The van der Waals surface area contributed by atoms with E-state index in [-0.39, 0.29) is 29.5 Å². The van der Waals surface area contributed by atoms with Gasteiger partial charge in [-0.15, -0.1) is 10.2 Å². The number of aliphatic carboxylic acids is 1. The van der Waals surface area contributed by atoms with Gasteiger partial charge in [-0.1, -0.05) is 18.2 Å². The molecule has 0 radical (unpaired) electrons. The van der Waals surface area contributed by atoms with Gasteiger partial charge in [0.2, 0.25) is 21.7 Å². The van der Waals surface area contributed by atoms with E-state index < -0.39 is 44.9 Å². The van der Waals surface area contributed by atoms with Gasteiger partial charge in [0.25, 0.3) is 0 Å². The molecule has 48 heavy (non-hydrogen) atoms. The third-order valence-electron chi connectivity index (χ3n) is 9.62. The lowest BCUT2D eigenvalue weighted by molar-refractivity contribution is -0.147. The molecule has 1 unspecified atom stereocenters. The van der Waals surface area contributed by atoms with Crippen molar-refractivity contribution in [2.75, 3.05) is 19.6 Å². The van der Waals surface area contributed by atoms with Crippen molar-refractivity contribution in [1.29, 1.82) is 0 Å². The van der Waals surface area contributed by atoms with Gasteiger partial charge in [-0.3, -0.25) is 9.20 Å². The number of nitrogens with one attached hydrogen (secondary N) is 1. The standard InChI is InChI=1S/C33H37F3N6O5S/c1-19-14-25-28(38-16-19)47-32(9-11-37-12-10-32)18-41(48(25,45)46)17-23-15-22(7-6-20(23)2)26(31(4,5)30(43)44)24-8-13-42-27(21(24)3)39-40-29(42)33(34,35)36/h6-8,13-16,26,37H,9-12,17-18H2,1-5H3,(H,43,44). The van der Waals surface area contributed by atoms with E-state index >= 15 is 0 Å².